The van der Waals surface area contributed by atoms with Crippen LogP contribution in [0.1, 0.15) is 10.6 Å². The molecule has 1 N–H and O–H groups in total. The minimum atomic E-state index is 0.175. The van der Waals surface area contributed by atoms with E-state index in [9.17, 15) is 0 Å². The van der Waals surface area contributed by atoms with E-state index in [1.165, 1.54) is 4.88 Å². The maximum atomic E-state index is 8.71. The Morgan fingerprint density at radius 3 is 2.58 bits per heavy atom. The molecule has 0 amide bonds. The zero-order chi connectivity index (χ0) is 9.14. The van der Waals surface area contributed by atoms with Crippen molar-refractivity contribution in [2.75, 3.05) is 25.1 Å². The van der Waals surface area contributed by atoms with Gasteiger partial charge < -0.3 is 10.0 Å². The number of likely N-dealkylation sites (N-methyl/N-ethyl adjacent to an activating group) is 1. The van der Waals surface area contributed by atoms with Gasteiger partial charge in [0.15, 0.2) is 5.13 Å². The molecule has 0 radical (unpaired) electrons. The van der Waals surface area contributed by atoms with E-state index in [4.69, 9.17) is 5.11 Å². The van der Waals surface area contributed by atoms with Crippen molar-refractivity contribution in [3.8, 4) is 0 Å². The fourth-order valence-corrected chi connectivity index (χ4v) is 1.76. The second-order valence-corrected chi connectivity index (χ2v) is 3.96. The number of hydrogen-bond donors (Lipinski definition) is 1. The highest BCUT2D eigenvalue weighted by molar-refractivity contribution is 7.15. The number of aromatic nitrogens is 1. The molecule has 0 bridgehead atoms. The van der Waals surface area contributed by atoms with Gasteiger partial charge in [0.05, 0.1) is 12.3 Å². The third-order valence-corrected chi connectivity index (χ3v) is 2.97. The Morgan fingerprint density at radius 1 is 1.50 bits per heavy atom. The molecule has 0 saturated carbocycles. The smallest absolute Gasteiger partial charge is 0.185 e. The standard InChI is InChI=1S/C8H14N2OS/c1-6-7(2)12-8(9-6)10(3)4-5-11/h11H,4-5H2,1-3H3. The number of hydrogen-bond acceptors (Lipinski definition) is 4. The van der Waals surface area contributed by atoms with Gasteiger partial charge in [-0.25, -0.2) is 4.98 Å². The molecular weight excluding hydrogens is 172 g/mol. The van der Waals surface area contributed by atoms with E-state index >= 15 is 0 Å². The largest absolute Gasteiger partial charge is 0.395 e. The lowest BCUT2D eigenvalue weighted by molar-refractivity contribution is 0.304. The summed E-state index contributed by atoms with van der Waals surface area (Å²) in [6, 6.07) is 0. The van der Waals surface area contributed by atoms with Crippen molar-refractivity contribution in [3.05, 3.63) is 10.6 Å². The molecule has 0 spiro atoms. The van der Waals surface area contributed by atoms with Crippen LogP contribution in [0.15, 0.2) is 0 Å². The first kappa shape index (κ1) is 9.48. The third kappa shape index (κ3) is 1.95. The van der Waals surface area contributed by atoms with Gasteiger partial charge in [-0.05, 0) is 13.8 Å². The summed E-state index contributed by atoms with van der Waals surface area (Å²) in [5.74, 6) is 0. The Labute approximate surface area is 76.7 Å². The summed E-state index contributed by atoms with van der Waals surface area (Å²) in [5.41, 5.74) is 1.08. The number of thiazole rings is 1. The molecule has 0 unspecified atom stereocenters. The van der Waals surface area contributed by atoms with Gasteiger partial charge in [0, 0.05) is 18.5 Å². The summed E-state index contributed by atoms with van der Waals surface area (Å²) >= 11 is 1.67. The number of aliphatic hydroxyl groups excluding tert-OH is 1. The SMILES string of the molecule is Cc1nc(N(C)CCO)sc1C. The van der Waals surface area contributed by atoms with Gasteiger partial charge in [-0.1, -0.05) is 0 Å². The van der Waals surface area contributed by atoms with Gasteiger partial charge in [0.2, 0.25) is 0 Å². The summed E-state index contributed by atoms with van der Waals surface area (Å²) in [6.45, 7) is 4.88. The molecular formula is C8H14N2OS. The number of rotatable bonds is 3. The van der Waals surface area contributed by atoms with Gasteiger partial charge in [0.1, 0.15) is 0 Å². The first-order chi connectivity index (χ1) is 5.65. The molecule has 0 aliphatic carbocycles. The summed E-state index contributed by atoms with van der Waals surface area (Å²) in [4.78, 5) is 7.57. The molecule has 0 aliphatic heterocycles. The van der Waals surface area contributed by atoms with Gasteiger partial charge >= 0.3 is 0 Å². The van der Waals surface area contributed by atoms with Crippen molar-refractivity contribution in [2.24, 2.45) is 0 Å². The molecule has 0 fully saturated rings. The predicted molar refractivity (Wildman–Crippen MR) is 51.9 cm³/mol. The molecule has 0 atom stereocenters. The summed E-state index contributed by atoms with van der Waals surface area (Å²) in [5, 5.41) is 9.69. The lowest BCUT2D eigenvalue weighted by Gasteiger charge is -2.12. The normalized spacial score (nSPS) is 10.3. The zero-order valence-electron chi connectivity index (χ0n) is 7.66. The summed E-state index contributed by atoms with van der Waals surface area (Å²) in [7, 11) is 1.94. The van der Waals surface area contributed by atoms with Gasteiger partial charge in [0.25, 0.3) is 0 Å². The first-order valence-corrected chi connectivity index (χ1v) is 4.73. The number of aryl methyl sites for hydroxylation is 2. The highest BCUT2D eigenvalue weighted by Gasteiger charge is 2.06. The fraction of sp³-hybridized carbons (Fsp3) is 0.625. The molecule has 12 heavy (non-hydrogen) atoms. The molecule has 4 heteroatoms. The van der Waals surface area contributed by atoms with E-state index in [1.54, 1.807) is 11.3 Å². The molecule has 68 valence electrons. The van der Waals surface area contributed by atoms with Crippen LogP contribution in [-0.4, -0.2) is 30.3 Å². The Hall–Kier alpha value is -0.610. The molecule has 1 heterocycles. The Balaban J connectivity index is 2.74. The Kier molecular flexibility index (Phi) is 3.05. The number of anilines is 1. The maximum absolute atomic E-state index is 8.71. The van der Waals surface area contributed by atoms with Crippen molar-refractivity contribution < 1.29 is 5.11 Å². The fourth-order valence-electron chi connectivity index (χ4n) is 0.865. The Bertz CT molecular complexity index is 240. The van der Waals surface area contributed by atoms with Crippen LogP contribution in [0.4, 0.5) is 5.13 Å². The van der Waals surface area contributed by atoms with Crippen LogP contribution < -0.4 is 4.90 Å². The molecule has 0 aromatic carbocycles. The van der Waals surface area contributed by atoms with Crippen molar-refractivity contribution in [1.29, 1.82) is 0 Å². The minimum Gasteiger partial charge on any atom is -0.395 e. The second kappa shape index (κ2) is 3.87. The van der Waals surface area contributed by atoms with E-state index in [-0.39, 0.29) is 6.61 Å². The highest BCUT2D eigenvalue weighted by Crippen LogP contribution is 2.23. The van der Waals surface area contributed by atoms with Gasteiger partial charge in [-0.3, -0.25) is 0 Å². The zero-order valence-corrected chi connectivity index (χ0v) is 8.48. The third-order valence-electron chi connectivity index (χ3n) is 1.78. The second-order valence-electron chi connectivity index (χ2n) is 2.78. The van der Waals surface area contributed by atoms with E-state index in [0.717, 1.165) is 10.8 Å². The lowest BCUT2D eigenvalue weighted by atomic mass is 10.4. The van der Waals surface area contributed by atoms with Crippen molar-refractivity contribution >= 4 is 16.5 Å². The van der Waals surface area contributed by atoms with E-state index in [2.05, 4.69) is 11.9 Å². The number of aliphatic hydroxyl groups is 1. The van der Waals surface area contributed by atoms with Crippen LogP contribution in [0.2, 0.25) is 0 Å². The van der Waals surface area contributed by atoms with Crippen LogP contribution in [-0.2, 0) is 0 Å². The topological polar surface area (TPSA) is 36.4 Å². The van der Waals surface area contributed by atoms with E-state index < -0.39 is 0 Å². The lowest BCUT2D eigenvalue weighted by Crippen LogP contribution is -2.20. The molecule has 1 aromatic heterocycles. The maximum Gasteiger partial charge on any atom is 0.185 e. The van der Waals surface area contributed by atoms with E-state index in [1.807, 2.05) is 18.9 Å². The molecule has 1 aromatic rings. The molecule has 1 rings (SSSR count). The summed E-state index contributed by atoms with van der Waals surface area (Å²) in [6.07, 6.45) is 0. The average Bonchev–Trinajstić information content (AvgIpc) is 2.33. The molecule has 3 nitrogen and oxygen atoms in total. The highest BCUT2D eigenvalue weighted by atomic mass is 32.1. The van der Waals surface area contributed by atoms with E-state index in [0.29, 0.717) is 6.54 Å². The van der Waals surface area contributed by atoms with Gasteiger partial charge in [-0.2, -0.15) is 0 Å². The van der Waals surface area contributed by atoms with Crippen LogP contribution in [0.3, 0.4) is 0 Å². The van der Waals surface area contributed by atoms with Crippen LogP contribution in [0, 0.1) is 13.8 Å². The van der Waals surface area contributed by atoms with Crippen molar-refractivity contribution in [1.82, 2.24) is 4.98 Å². The van der Waals surface area contributed by atoms with Crippen LogP contribution in [0.5, 0.6) is 0 Å². The van der Waals surface area contributed by atoms with Crippen molar-refractivity contribution in [2.45, 2.75) is 13.8 Å². The predicted octanol–water partition coefficient (Wildman–Crippen LogP) is 1.19. The molecule has 0 aliphatic rings. The van der Waals surface area contributed by atoms with Gasteiger partial charge in [-0.15, -0.1) is 11.3 Å². The minimum absolute atomic E-state index is 0.175. The van der Waals surface area contributed by atoms with Crippen molar-refractivity contribution in [3.63, 3.8) is 0 Å². The molecule has 0 saturated heterocycles. The monoisotopic (exact) mass is 186 g/mol. The summed E-state index contributed by atoms with van der Waals surface area (Å²) < 4.78 is 0. The first-order valence-electron chi connectivity index (χ1n) is 3.91. The van der Waals surface area contributed by atoms with Crippen LogP contribution >= 0.6 is 11.3 Å². The van der Waals surface area contributed by atoms with Crippen LogP contribution in [0.25, 0.3) is 0 Å². The quantitative estimate of drug-likeness (QED) is 0.770. The average molecular weight is 186 g/mol. The Morgan fingerprint density at radius 2 is 2.17 bits per heavy atom. The number of nitrogens with zero attached hydrogens (tertiary/aromatic N) is 2.